The van der Waals surface area contributed by atoms with E-state index in [0.717, 1.165) is 11.0 Å². The summed E-state index contributed by atoms with van der Waals surface area (Å²) in [6.07, 6.45) is 2.57. The second kappa shape index (κ2) is 7.23. The Morgan fingerprint density at radius 1 is 1.44 bits per heavy atom. The minimum Gasteiger partial charge on any atom is -0.377 e. The van der Waals surface area contributed by atoms with Crippen molar-refractivity contribution in [2.24, 2.45) is 0 Å². The lowest BCUT2D eigenvalue weighted by atomic mass is 10.0. The number of halogens is 1. The second-order valence-corrected chi connectivity index (χ2v) is 5.78. The van der Waals surface area contributed by atoms with Gasteiger partial charge >= 0.3 is 0 Å². The molecule has 0 unspecified atom stereocenters. The highest BCUT2D eigenvalue weighted by molar-refractivity contribution is 7.80. The summed E-state index contributed by atoms with van der Waals surface area (Å²) in [5.74, 6) is -2.17. The number of carbonyl (C=O) groups excluding carboxylic acids is 2. The van der Waals surface area contributed by atoms with Crippen LogP contribution < -0.4 is 10.2 Å². The zero-order valence-corrected chi connectivity index (χ0v) is 14.5. The molecule has 0 aromatic heterocycles. The van der Waals surface area contributed by atoms with Gasteiger partial charge in [-0.1, -0.05) is 6.08 Å². The maximum absolute atomic E-state index is 14.6. The van der Waals surface area contributed by atoms with Crippen molar-refractivity contribution < 1.29 is 14.0 Å². The molecule has 1 fully saturated rings. The summed E-state index contributed by atoms with van der Waals surface area (Å²) in [5, 5.41) is 11.6. The van der Waals surface area contributed by atoms with Crippen molar-refractivity contribution in [3.63, 3.8) is 0 Å². The molecule has 128 valence electrons. The molecule has 1 heterocycles. The third-order valence-electron chi connectivity index (χ3n) is 3.54. The summed E-state index contributed by atoms with van der Waals surface area (Å²) in [6, 6.07) is 4.76. The van der Waals surface area contributed by atoms with Crippen LogP contribution in [0.5, 0.6) is 0 Å². The smallest absolute Gasteiger partial charge is 0.265 e. The number of thiocarbonyl (C=S) groups is 1. The number of nitrogens with zero attached hydrogens (tertiary/aromatic N) is 3. The lowest BCUT2D eigenvalue weighted by molar-refractivity contribution is -0.128. The summed E-state index contributed by atoms with van der Waals surface area (Å²) >= 11 is 4.95. The van der Waals surface area contributed by atoms with Gasteiger partial charge in [0.15, 0.2) is 5.11 Å². The van der Waals surface area contributed by atoms with Gasteiger partial charge in [0.2, 0.25) is 0 Å². The van der Waals surface area contributed by atoms with Crippen molar-refractivity contribution in [1.82, 2.24) is 10.2 Å². The summed E-state index contributed by atoms with van der Waals surface area (Å²) in [7, 11) is 3.36. The fourth-order valence-electron chi connectivity index (χ4n) is 2.32. The second-order valence-electron chi connectivity index (χ2n) is 5.39. The van der Waals surface area contributed by atoms with Crippen LogP contribution in [-0.4, -0.2) is 42.5 Å². The molecule has 0 spiro atoms. The van der Waals surface area contributed by atoms with Crippen LogP contribution in [-0.2, 0) is 9.59 Å². The van der Waals surface area contributed by atoms with Gasteiger partial charge in [0, 0.05) is 26.2 Å². The van der Waals surface area contributed by atoms with Gasteiger partial charge in [0.1, 0.15) is 23.0 Å². The Hall–Kier alpha value is -3.05. The van der Waals surface area contributed by atoms with E-state index in [1.54, 1.807) is 31.1 Å². The highest BCUT2D eigenvalue weighted by Gasteiger charge is 2.33. The number of hydrogen-bond acceptors (Lipinski definition) is 5. The molecule has 1 saturated heterocycles. The first-order valence-electron chi connectivity index (χ1n) is 7.21. The maximum atomic E-state index is 14.6. The van der Waals surface area contributed by atoms with Crippen molar-refractivity contribution in [3.05, 3.63) is 47.3 Å². The number of rotatable bonds is 4. The lowest BCUT2D eigenvalue weighted by Crippen LogP contribution is -2.53. The number of hydrogen-bond donors (Lipinski definition) is 1. The standard InChI is InChI=1S/C17H15FN4O2S/c1-4-7-22-16(24)11(15(23)20-17(22)25)8-10-5-6-13(21(2)3)12(9-19)14(10)18/h4-6,8H,1,7H2,2-3H3,(H,20,23,25)/b11-8+. The third kappa shape index (κ3) is 3.41. The Morgan fingerprint density at radius 3 is 2.68 bits per heavy atom. The van der Waals surface area contributed by atoms with Crippen LogP contribution in [0.15, 0.2) is 30.4 Å². The summed E-state index contributed by atoms with van der Waals surface area (Å²) in [4.78, 5) is 27.3. The highest BCUT2D eigenvalue weighted by atomic mass is 32.1. The minimum atomic E-state index is -0.801. The van der Waals surface area contributed by atoms with Crippen molar-refractivity contribution in [1.29, 1.82) is 5.26 Å². The first kappa shape index (κ1) is 18.3. The monoisotopic (exact) mass is 358 g/mol. The third-order valence-corrected chi connectivity index (χ3v) is 3.86. The first-order valence-corrected chi connectivity index (χ1v) is 7.62. The van der Waals surface area contributed by atoms with E-state index in [4.69, 9.17) is 12.2 Å². The van der Waals surface area contributed by atoms with Gasteiger partial charge in [-0.2, -0.15) is 5.26 Å². The van der Waals surface area contributed by atoms with Gasteiger partial charge in [-0.25, -0.2) is 4.39 Å². The SMILES string of the molecule is C=CCN1C(=O)/C(=C/c2ccc(N(C)C)c(C#N)c2F)C(=O)NC1=S. The van der Waals surface area contributed by atoms with Crippen LogP contribution >= 0.6 is 12.2 Å². The molecular formula is C17H15FN4O2S. The Bertz CT molecular complexity index is 855. The van der Waals surface area contributed by atoms with Gasteiger partial charge in [-0.15, -0.1) is 6.58 Å². The van der Waals surface area contributed by atoms with Gasteiger partial charge < -0.3 is 4.90 Å². The molecule has 2 amide bonds. The van der Waals surface area contributed by atoms with E-state index in [1.807, 2.05) is 0 Å². The van der Waals surface area contributed by atoms with Crippen LogP contribution in [0.2, 0.25) is 0 Å². The molecule has 2 rings (SSSR count). The van der Waals surface area contributed by atoms with E-state index < -0.39 is 17.6 Å². The molecule has 0 radical (unpaired) electrons. The maximum Gasteiger partial charge on any atom is 0.265 e. The summed E-state index contributed by atoms with van der Waals surface area (Å²) in [5.41, 5.74) is -0.0691. The molecule has 0 atom stereocenters. The Kier molecular flexibility index (Phi) is 5.29. The summed E-state index contributed by atoms with van der Waals surface area (Å²) < 4.78 is 14.6. The quantitative estimate of drug-likeness (QED) is 0.383. The Morgan fingerprint density at radius 2 is 2.12 bits per heavy atom. The van der Waals surface area contributed by atoms with Gasteiger partial charge in [0.25, 0.3) is 11.8 Å². The topological polar surface area (TPSA) is 76.4 Å². The van der Waals surface area contributed by atoms with Crippen LogP contribution in [0.3, 0.4) is 0 Å². The van der Waals surface area contributed by atoms with E-state index in [-0.39, 0.29) is 28.4 Å². The van der Waals surface area contributed by atoms with Crippen molar-refractivity contribution >= 4 is 40.9 Å². The molecule has 25 heavy (non-hydrogen) atoms. The molecule has 8 heteroatoms. The van der Waals surface area contributed by atoms with Crippen LogP contribution in [0.1, 0.15) is 11.1 Å². The molecule has 1 aliphatic heterocycles. The number of benzene rings is 1. The molecule has 1 aliphatic rings. The first-order chi connectivity index (χ1) is 11.8. The predicted octanol–water partition coefficient (Wildman–Crippen LogP) is 1.58. The fraction of sp³-hybridized carbons (Fsp3) is 0.176. The normalized spacial score (nSPS) is 15.8. The van der Waals surface area contributed by atoms with Crippen LogP contribution in [0.25, 0.3) is 6.08 Å². The molecule has 0 bridgehead atoms. The number of carbonyl (C=O) groups is 2. The van der Waals surface area contributed by atoms with E-state index in [1.165, 1.54) is 12.1 Å². The van der Waals surface area contributed by atoms with E-state index in [0.29, 0.717) is 5.69 Å². The van der Waals surface area contributed by atoms with Crippen molar-refractivity contribution in [2.75, 3.05) is 25.5 Å². The minimum absolute atomic E-state index is 0.0341. The Labute approximate surface area is 149 Å². The predicted molar refractivity (Wildman–Crippen MR) is 96.1 cm³/mol. The molecule has 6 nitrogen and oxygen atoms in total. The molecule has 0 saturated carbocycles. The molecule has 0 aliphatic carbocycles. The number of anilines is 1. The molecule has 1 N–H and O–H groups in total. The van der Waals surface area contributed by atoms with Gasteiger partial charge in [-0.3, -0.25) is 19.8 Å². The number of nitrogens with one attached hydrogen (secondary N) is 1. The van der Waals surface area contributed by atoms with Crippen LogP contribution in [0.4, 0.5) is 10.1 Å². The largest absolute Gasteiger partial charge is 0.377 e. The number of nitriles is 1. The van der Waals surface area contributed by atoms with E-state index in [2.05, 4.69) is 11.9 Å². The average molecular weight is 358 g/mol. The number of amides is 2. The zero-order chi connectivity index (χ0) is 18.7. The zero-order valence-electron chi connectivity index (χ0n) is 13.7. The molecule has 1 aromatic rings. The van der Waals surface area contributed by atoms with E-state index >= 15 is 0 Å². The van der Waals surface area contributed by atoms with Crippen LogP contribution in [0, 0.1) is 17.1 Å². The lowest BCUT2D eigenvalue weighted by Gasteiger charge is -2.27. The van der Waals surface area contributed by atoms with Gasteiger partial charge in [0.05, 0.1) is 5.69 Å². The molecular weight excluding hydrogens is 343 g/mol. The fourth-order valence-corrected chi connectivity index (χ4v) is 2.57. The van der Waals surface area contributed by atoms with Crippen molar-refractivity contribution in [3.8, 4) is 6.07 Å². The van der Waals surface area contributed by atoms with E-state index in [9.17, 15) is 19.2 Å². The van der Waals surface area contributed by atoms with Crippen molar-refractivity contribution in [2.45, 2.75) is 0 Å². The molecule has 1 aromatic carbocycles. The highest BCUT2D eigenvalue weighted by Crippen LogP contribution is 2.26. The average Bonchev–Trinajstić information content (AvgIpc) is 2.56. The van der Waals surface area contributed by atoms with Gasteiger partial charge in [-0.05, 0) is 30.4 Å². The Balaban J connectivity index is 2.54. The summed E-state index contributed by atoms with van der Waals surface area (Å²) in [6.45, 7) is 3.64.